The minimum Gasteiger partial charge on any atom is -0.472 e. The van der Waals surface area contributed by atoms with Crippen LogP contribution in [0, 0.1) is 13.8 Å². The molecule has 134 valence electrons. The van der Waals surface area contributed by atoms with Crippen molar-refractivity contribution in [2.24, 2.45) is 0 Å². The van der Waals surface area contributed by atoms with Crippen molar-refractivity contribution in [1.29, 1.82) is 0 Å². The van der Waals surface area contributed by atoms with Gasteiger partial charge in [-0.2, -0.15) is 0 Å². The van der Waals surface area contributed by atoms with Crippen LogP contribution in [0.3, 0.4) is 0 Å². The van der Waals surface area contributed by atoms with Gasteiger partial charge in [0.15, 0.2) is 5.78 Å². The summed E-state index contributed by atoms with van der Waals surface area (Å²) in [6.07, 6.45) is 3.44. The first kappa shape index (κ1) is 16.1. The highest BCUT2D eigenvalue weighted by Crippen LogP contribution is 2.45. The zero-order valence-electron chi connectivity index (χ0n) is 15.9. The van der Waals surface area contributed by atoms with Crippen LogP contribution in [0.25, 0.3) is 22.0 Å². The van der Waals surface area contributed by atoms with E-state index < -0.39 is 0 Å². The van der Waals surface area contributed by atoms with E-state index in [0.717, 1.165) is 50.0 Å². The van der Waals surface area contributed by atoms with Crippen LogP contribution in [0.15, 0.2) is 53.3 Å². The van der Waals surface area contributed by atoms with Gasteiger partial charge in [0.05, 0.1) is 18.1 Å². The topological polar surface area (TPSA) is 46.0 Å². The molecule has 4 aromatic rings. The fraction of sp³-hybridized carbons (Fsp3) is 0.208. The fourth-order valence-electron chi connectivity index (χ4n) is 4.43. The maximum absolute atomic E-state index is 13.5. The van der Waals surface area contributed by atoms with E-state index in [4.69, 9.17) is 4.42 Å². The van der Waals surface area contributed by atoms with Crippen LogP contribution >= 0.6 is 0 Å². The van der Waals surface area contributed by atoms with Gasteiger partial charge in [0.1, 0.15) is 0 Å². The fourth-order valence-corrected chi connectivity index (χ4v) is 4.43. The van der Waals surface area contributed by atoms with Gasteiger partial charge in [-0.1, -0.05) is 26.0 Å². The number of carbonyl (C=O) groups excluding carboxylic acids is 1. The lowest BCUT2D eigenvalue weighted by Crippen LogP contribution is -2.30. The number of carbonyl (C=O) groups is 1. The van der Waals surface area contributed by atoms with Crippen molar-refractivity contribution in [2.75, 3.05) is 0 Å². The van der Waals surface area contributed by atoms with Crippen LogP contribution in [0.4, 0.5) is 0 Å². The van der Waals surface area contributed by atoms with Gasteiger partial charge in [-0.25, -0.2) is 0 Å². The highest BCUT2D eigenvalue weighted by Gasteiger charge is 2.40. The predicted octanol–water partition coefficient (Wildman–Crippen LogP) is 5.92. The molecule has 2 aromatic carbocycles. The van der Waals surface area contributed by atoms with Gasteiger partial charge >= 0.3 is 0 Å². The number of nitrogens with one attached hydrogen (secondary N) is 1. The molecule has 0 saturated heterocycles. The van der Waals surface area contributed by atoms with Gasteiger partial charge in [0.25, 0.3) is 0 Å². The van der Waals surface area contributed by atoms with E-state index in [9.17, 15) is 4.79 Å². The second-order valence-electron chi connectivity index (χ2n) is 8.10. The van der Waals surface area contributed by atoms with Crippen molar-refractivity contribution in [3.05, 3.63) is 82.4 Å². The quantitative estimate of drug-likeness (QED) is 0.461. The Morgan fingerprint density at radius 3 is 2.56 bits per heavy atom. The van der Waals surface area contributed by atoms with E-state index in [1.54, 1.807) is 12.5 Å². The molecule has 0 bridgehead atoms. The second kappa shape index (κ2) is 5.23. The summed E-state index contributed by atoms with van der Waals surface area (Å²) < 4.78 is 5.28. The van der Waals surface area contributed by atoms with Crippen LogP contribution in [0.2, 0.25) is 0 Å². The molecule has 1 aliphatic carbocycles. The van der Waals surface area contributed by atoms with E-state index in [2.05, 4.69) is 56.9 Å². The summed E-state index contributed by atoms with van der Waals surface area (Å²) in [7, 11) is 0. The summed E-state index contributed by atoms with van der Waals surface area (Å²) in [5.74, 6) is 0.108. The molecule has 1 N–H and O–H groups in total. The number of H-pyrrole nitrogens is 1. The van der Waals surface area contributed by atoms with Crippen LogP contribution in [0.1, 0.15) is 52.2 Å². The Kier molecular flexibility index (Phi) is 3.12. The number of rotatable bonds is 1. The molecule has 2 aromatic heterocycles. The molecule has 0 fully saturated rings. The van der Waals surface area contributed by atoms with E-state index >= 15 is 0 Å². The van der Waals surface area contributed by atoms with Gasteiger partial charge in [-0.05, 0) is 60.4 Å². The Bertz CT molecular complexity index is 1220. The Hall–Kier alpha value is -3.07. The number of aromatic nitrogens is 1. The largest absolute Gasteiger partial charge is 0.472 e. The molecular weight excluding hydrogens is 334 g/mol. The van der Waals surface area contributed by atoms with Crippen molar-refractivity contribution >= 4 is 16.7 Å². The van der Waals surface area contributed by atoms with E-state index in [-0.39, 0.29) is 11.2 Å². The highest BCUT2D eigenvalue weighted by atomic mass is 16.3. The molecule has 3 heteroatoms. The molecule has 0 atom stereocenters. The van der Waals surface area contributed by atoms with Crippen molar-refractivity contribution in [3.63, 3.8) is 0 Å². The molecule has 1 aliphatic rings. The molecule has 0 spiro atoms. The lowest BCUT2D eigenvalue weighted by atomic mass is 9.70. The standard InChI is InChI=1S/C24H21NO2/c1-13-5-6-16-20(9-13)25-23-21(16)22(26)18-10-14(2)17(15-7-8-27-12-15)11-19(18)24(23,3)4/h5-12,25H,1-4H3. The molecule has 0 unspecified atom stereocenters. The summed E-state index contributed by atoms with van der Waals surface area (Å²) in [5, 5.41) is 1.01. The first-order valence-electron chi connectivity index (χ1n) is 9.23. The van der Waals surface area contributed by atoms with Gasteiger partial charge in [-0.3, -0.25) is 4.79 Å². The summed E-state index contributed by atoms with van der Waals surface area (Å²) in [5.41, 5.74) is 8.83. The maximum Gasteiger partial charge on any atom is 0.195 e. The number of fused-ring (bicyclic) bond motifs is 4. The van der Waals surface area contributed by atoms with Crippen molar-refractivity contribution in [1.82, 2.24) is 4.98 Å². The smallest absolute Gasteiger partial charge is 0.195 e. The first-order valence-corrected chi connectivity index (χ1v) is 9.23. The normalized spacial score (nSPS) is 15.0. The van der Waals surface area contributed by atoms with Crippen LogP contribution in [-0.2, 0) is 5.41 Å². The highest BCUT2D eigenvalue weighted by molar-refractivity contribution is 6.20. The number of furan rings is 1. The van der Waals surface area contributed by atoms with Crippen molar-refractivity contribution in [2.45, 2.75) is 33.1 Å². The van der Waals surface area contributed by atoms with Crippen LogP contribution in [0.5, 0.6) is 0 Å². The maximum atomic E-state index is 13.5. The third-order valence-corrected chi connectivity index (χ3v) is 5.92. The number of ketones is 1. The molecule has 0 amide bonds. The lowest BCUT2D eigenvalue weighted by Gasteiger charge is -2.33. The minimum absolute atomic E-state index is 0.108. The van der Waals surface area contributed by atoms with E-state index in [1.807, 2.05) is 12.1 Å². The third-order valence-electron chi connectivity index (χ3n) is 5.92. The zero-order valence-corrected chi connectivity index (χ0v) is 15.9. The summed E-state index contributed by atoms with van der Waals surface area (Å²) in [6, 6.07) is 12.4. The molecule has 27 heavy (non-hydrogen) atoms. The van der Waals surface area contributed by atoms with Crippen molar-refractivity contribution < 1.29 is 9.21 Å². The Morgan fingerprint density at radius 1 is 1.00 bits per heavy atom. The first-order chi connectivity index (χ1) is 12.9. The predicted molar refractivity (Wildman–Crippen MR) is 107 cm³/mol. The average molecular weight is 355 g/mol. The number of hydrogen-bond acceptors (Lipinski definition) is 2. The lowest BCUT2D eigenvalue weighted by molar-refractivity contribution is 0.103. The molecule has 3 nitrogen and oxygen atoms in total. The van der Waals surface area contributed by atoms with Gasteiger partial charge < -0.3 is 9.40 Å². The number of aromatic amines is 1. The van der Waals surface area contributed by atoms with Gasteiger partial charge in [0.2, 0.25) is 0 Å². The minimum atomic E-state index is -0.294. The third kappa shape index (κ3) is 2.11. The molecular formula is C24H21NO2. The Morgan fingerprint density at radius 2 is 1.81 bits per heavy atom. The number of benzene rings is 2. The number of aryl methyl sites for hydroxylation is 2. The van der Waals surface area contributed by atoms with E-state index in [0.29, 0.717) is 0 Å². The molecule has 2 heterocycles. The van der Waals surface area contributed by atoms with Gasteiger partial charge in [-0.15, -0.1) is 0 Å². The Balaban J connectivity index is 1.82. The molecule has 0 radical (unpaired) electrons. The van der Waals surface area contributed by atoms with E-state index in [1.165, 1.54) is 5.56 Å². The molecule has 0 aliphatic heterocycles. The zero-order chi connectivity index (χ0) is 18.9. The SMILES string of the molecule is Cc1ccc2c3c([nH]c2c1)C(C)(C)c1cc(-c2ccoc2)c(C)cc1C3=O. The van der Waals surface area contributed by atoms with Crippen molar-refractivity contribution in [3.8, 4) is 11.1 Å². The molecule has 0 saturated carbocycles. The second-order valence-corrected chi connectivity index (χ2v) is 8.10. The average Bonchev–Trinajstić information content (AvgIpc) is 3.27. The molecule has 5 rings (SSSR count). The van der Waals surface area contributed by atoms with Crippen LogP contribution < -0.4 is 0 Å². The monoisotopic (exact) mass is 355 g/mol. The number of hydrogen-bond donors (Lipinski definition) is 1. The summed E-state index contributed by atoms with van der Waals surface area (Å²) in [6.45, 7) is 8.50. The van der Waals surface area contributed by atoms with Crippen LogP contribution in [-0.4, -0.2) is 10.8 Å². The summed E-state index contributed by atoms with van der Waals surface area (Å²) >= 11 is 0. The summed E-state index contributed by atoms with van der Waals surface area (Å²) in [4.78, 5) is 17.0. The van der Waals surface area contributed by atoms with Gasteiger partial charge in [0, 0.05) is 33.1 Å². The Labute approximate surface area is 158 Å².